The summed E-state index contributed by atoms with van der Waals surface area (Å²) < 4.78 is 5.67. The van der Waals surface area contributed by atoms with Crippen molar-refractivity contribution < 1.29 is 9.53 Å². The van der Waals surface area contributed by atoms with Gasteiger partial charge in [-0.1, -0.05) is 11.3 Å². The van der Waals surface area contributed by atoms with E-state index in [-0.39, 0.29) is 5.91 Å². The van der Waals surface area contributed by atoms with Crippen LogP contribution in [0.4, 0.5) is 0 Å². The number of carbonyl (C=O) groups is 1. The molecule has 1 unspecified atom stereocenters. The fraction of sp³-hybridized carbons (Fsp3) is 0.692. The monoisotopic (exact) mass is 283 g/mol. The second-order valence-corrected chi connectivity index (χ2v) is 5.66. The molecule has 106 valence electrons. The zero-order valence-corrected chi connectivity index (χ0v) is 12.1. The highest BCUT2D eigenvalue weighted by atomic mass is 32.1. The summed E-state index contributed by atoms with van der Waals surface area (Å²) in [5.74, 6) is 0.607. The number of piperidine rings is 1. The summed E-state index contributed by atoms with van der Waals surface area (Å²) in [6.07, 6.45) is 4.05. The highest BCUT2D eigenvalue weighted by molar-refractivity contribution is 7.11. The van der Waals surface area contributed by atoms with Gasteiger partial charge in [0.25, 0.3) is 5.19 Å². The minimum Gasteiger partial charge on any atom is -0.470 e. The van der Waals surface area contributed by atoms with Gasteiger partial charge in [-0.2, -0.15) is 0 Å². The lowest BCUT2D eigenvalue weighted by Crippen LogP contribution is -2.43. The zero-order chi connectivity index (χ0) is 13.5. The van der Waals surface area contributed by atoms with Crippen LogP contribution >= 0.6 is 11.3 Å². The molecule has 0 spiro atoms. The van der Waals surface area contributed by atoms with Crippen molar-refractivity contribution in [1.29, 1.82) is 0 Å². The third-order valence-corrected chi connectivity index (χ3v) is 3.88. The summed E-state index contributed by atoms with van der Waals surface area (Å²) in [6, 6.07) is 0. The summed E-state index contributed by atoms with van der Waals surface area (Å²) in [6.45, 7) is 5.77. The van der Waals surface area contributed by atoms with Gasteiger partial charge in [-0.3, -0.25) is 9.69 Å². The maximum atomic E-state index is 11.6. The van der Waals surface area contributed by atoms with E-state index in [1.54, 1.807) is 6.20 Å². The summed E-state index contributed by atoms with van der Waals surface area (Å²) in [4.78, 5) is 17.9. The fourth-order valence-corrected chi connectivity index (χ4v) is 2.85. The number of nitrogens with zero attached hydrogens (tertiary/aromatic N) is 2. The van der Waals surface area contributed by atoms with E-state index in [9.17, 15) is 4.79 Å². The van der Waals surface area contributed by atoms with E-state index in [4.69, 9.17) is 4.74 Å². The molecule has 5 nitrogen and oxygen atoms in total. The van der Waals surface area contributed by atoms with Crippen molar-refractivity contribution in [1.82, 2.24) is 15.2 Å². The molecule has 1 atom stereocenters. The molecule has 1 fully saturated rings. The number of hydrogen-bond donors (Lipinski definition) is 1. The van der Waals surface area contributed by atoms with Gasteiger partial charge in [0.15, 0.2) is 0 Å². The van der Waals surface area contributed by atoms with Crippen molar-refractivity contribution in [3.05, 3.63) is 11.6 Å². The van der Waals surface area contributed by atoms with E-state index in [2.05, 4.69) is 15.2 Å². The Kier molecular flexibility index (Phi) is 5.60. The number of amides is 1. The van der Waals surface area contributed by atoms with Gasteiger partial charge in [0.2, 0.25) is 5.91 Å². The van der Waals surface area contributed by atoms with Crippen molar-refractivity contribution in [2.75, 3.05) is 32.8 Å². The van der Waals surface area contributed by atoms with E-state index in [0.29, 0.717) is 25.6 Å². The molecular weight excluding hydrogens is 262 g/mol. The van der Waals surface area contributed by atoms with Crippen LogP contribution in [0.25, 0.3) is 0 Å². The second-order valence-electron chi connectivity index (χ2n) is 4.81. The van der Waals surface area contributed by atoms with Crippen molar-refractivity contribution in [2.45, 2.75) is 19.8 Å². The van der Waals surface area contributed by atoms with Crippen LogP contribution in [0.3, 0.4) is 0 Å². The van der Waals surface area contributed by atoms with E-state index >= 15 is 0 Å². The molecule has 1 aliphatic heterocycles. The molecule has 6 heteroatoms. The number of likely N-dealkylation sites (tertiary alicyclic amines) is 1. The van der Waals surface area contributed by atoms with Crippen molar-refractivity contribution in [2.24, 2.45) is 5.92 Å². The summed E-state index contributed by atoms with van der Waals surface area (Å²) >= 11 is 1.52. The minimum absolute atomic E-state index is 0.115. The summed E-state index contributed by atoms with van der Waals surface area (Å²) in [5, 5.41) is 5.49. The molecule has 1 saturated heterocycles. The molecule has 2 rings (SSSR count). The Hall–Kier alpha value is -1.14. The maximum Gasteiger partial charge on any atom is 0.273 e. The number of aromatic nitrogens is 1. The van der Waals surface area contributed by atoms with E-state index in [1.165, 1.54) is 11.3 Å². The Morgan fingerprint density at radius 2 is 2.58 bits per heavy atom. The molecule has 1 aliphatic rings. The third kappa shape index (κ3) is 4.80. The number of ether oxygens (including phenoxy) is 1. The van der Waals surface area contributed by atoms with Crippen LogP contribution in [-0.4, -0.2) is 48.6 Å². The van der Waals surface area contributed by atoms with Crippen LogP contribution in [0, 0.1) is 5.92 Å². The smallest absolute Gasteiger partial charge is 0.273 e. The van der Waals surface area contributed by atoms with E-state index in [0.717, 1.165) is 31.1 Å². The Labute approximate surface area is 118 Å². The van der Waals surface area contributed by atoms with Crippen LogP contribution in [0.1, 0.15) is 19.8 Å². The van der Waals surface area contributed by atoms with E-state index in [1.807, 2.05) is 12.3 Å². The lowest BCUT2D eigenvalue weighted by Gasteiger charge is -2.31. The number of likely N-dealkylation sites (N-methyl/N-ethyl adjacent to an activating group) is 1. The van der Waals surface area contributed by atoms with Gasteiger partial charge in [-0.15, -0.1) is 0 Å². The van der Waals surface area contributed by atoms with Gasteiger partial charge in [-0.05, 0) is 26.3 Å². The maximum absolute atomic E-state index is 11.6. The summed E-state index contributed by atoms with van der Waals surface area (Å²) in [7, 11) is 0. The predicted octanol–water partition coefficient (Wildman–Crippen LogP) is 1.37. The quantitative estimate of drug-likeness (QED) is 0.857. The normalized spacial score (nSPS) is 20.2. The molecule has 0 bridgehead atoms. The van der Waals surface area contributed by atoms with Crippen LogP contribution < -0.4 is 10.1 Å². The molecule has 0 radical (unpaired) electrons. The van der Waals surface area contributed by atoms with Gasteiger partial charge in [-0.25, -0.2) is 4.98 Å². The molecule has 0 aromatic carbocycles. The zero-order valence-electron chi connectivity index (χ0n) is 11.3. The van der Waals surface area contributed by atoms with Gasteiger partial charge in [0, 0.05) is 30.6 Å². The number of hydrogen-bond acceptors (Lipinski definition) is 5. The molecule has 1 aromatic rings. The van der Waals surface area contributed by atoms with E-state index < -0.39 is 0 Å². The highest BCUT2D eigenvalue weighted by Gasteiger charge is 2.22. The molecule has 1 aromatic heterocycles. The lowest BCUT2D eigenvalue weighted by molar-refractivity contribution is -0.122. The average molecular weight is 283 g/mol. The highest BCUT2D eigenvalue weighted by Crippen LogP contribution is 2.19. The lowest BCUT2D eigenvalue weighted by atomic mass is 9.99. The number of rotatable bonds is 6. The minimum atomic E-state index is 0.115. The standard InChI is InChI=1S/C13H21N3O2S/c1-2-14-12(17)9-16-6-3-4-11(8-16)10-18-13-15-5-7-19-13/h5,7,11H,2-4,6,8-10H2,1H3,(H,14,17). The van der Waals surface area contributed by atoms with Crippen LogP contribution in [0.2, 0.25) is 0 Å². The predicted molar refractivity (Wildman–Crippen MR) is 75.5 cm³/mol. The Bertz CT molecular complexity index is 383. The first kappa shape index (κ1) is 14.3. The topological polar surface area (TPSA) is 54.5 Å². The SMILES string of the molecule is CCNC(=O)CN1CCCC(COc2nccs2)C1. The number of carbonyl (C=O) groups excluding carboxylic acids is 1. The molecule has 0 saturated carbocycles. The van der Waals surface area contributed by atoms with Gasteiger partial charge in [0.1, 0.15) is 0 Å². The average Bonchev–Trinajstić information content (AvgIpc) is 2.90. The van der Waals surface area contributed by atoms with Crippen molar-refractivity contribution in [3.63, 3.8) is 0 Å². The Morgan fingerprint density at radius 1 is 1.68 bits per heavy atom. The molecule has 19 heavy (non-hydrogen) atoms. The van der Waals surface area contributed by atoms with Crippen molar-refractivity contribution in [3.8, 4) is 5.19 Å². The summed E-state index contributed by atoms with van der Waals surface area (Å²) in [5.41, 5.74) is 0. The fourth-order valence-electron chi connectivity index (χ4n) is 2.36. The molecule has 1 N–H and O–H groups in total. The number of thiazole rings is 1. The van der Waals surface area contributed by atoms with Gasteiger partial charge >= 0.3 is 0 Å². The Morgan fingerprint density at radius 3 is 3.32 bits per heavy atom. The number of nitrogens with one attached hydrogen (secondary N) is 1. The van der Waals surface area contributed by atoms with Crippen LogP contribution in [0.5, 0.6) is 5.19 Å². The first-order valence-corrected chi connectivity index (χ1v) is 7.67. The molecule has 2 heterocycles. The van der Waals surface area contributed by atoms with Crippen LogP contribution in [0.15, 0.2) is 11.6 Å². The first-order valence-electron chi connectivity index (χ1n) is 6.79. The Balaban J connectivity index is 1.72. The van der Waals surface area contributed by atoms with Gasteiger partial charge < -0.3 is 10.1 Å². The molecule has 0 aliphatic carbocycles. The largest absolute Gasteiger partial charge is 0.470 e. The first-order chi connectivity index (χ1) is 9.28. The molecule has 1 amide bonds. The second kappa shape index (κ2) is 7.45. The van der Waals surface area contributed by atoms with Gasteiger partial charge in [0.05, 0.1) is 13.2 Å². The molecular formula is C13H21N3O2S. The van der Waals surface area contributed by atoms with Crippen molar-refractivity contribution >= 4 is 17.2 Å². The third-order valence-electron chi connectivity index (χ3n) is 3.20. The van der Waals surface area contributed by atoms with Crippen LogP contribution in [-0.2, 0) is 4.79 Å².